The van der Waals surface area contributed by atoms with Crippen LogP contribution in [0.3, 0.4) is 0 Å². The van der Waals surface area contributed by atoms with Gasteiger partial charge in [-0.05, 0) is 0 Å². The van der Waals surface area contributed by atoms with E-state index in [1.165, 1.54) is 6.42 Å². The van der Waals surface area contributed by atoms with Crippen LogP contribution in [0.25, 0.3) is 0 Å². The Balaban J connectivity index is 4.01. The molecule has 2 atom stereocenters. The van der Waals surface area contributed by atoms with Gasteiger partial charge < -0.3 is 0 Å². The van der Waals surface area contributed by atoms with E-state index in [1.54, 1.807) is 0 Å². The van der Waals surface area contributed by atoms with Crippen molar-refractivity contribution in [2.24, 2.45) is 0 Å². The molecule has 4 heteroatoms. The van der Waals surface area contributed by atoms with E-state index >= 15 is 0 Å². The number of hydrogen-bond acceptors (Lipinski definition) is 2. The molecule has 0 radical (unpaired) electrons. The average Bonchev–Trinajstić information content (AvgIpc) is 2.10. The third-order valence-corrected chi connectivity index (χ3v) is 15.2. The monoisotopic (exact) mass is 454 g/mol. The van der Waals surface area contributed by atoms with Crippen molar-refractivity contribution in [2.45, 2.75) is 62.6 Å². The van der Waals surface area contributed by atoms with Crippen molar-refractivity contribution in [1.82, 2.24) is 0 Å². The first-order valence-electron chi connectivity index (χ1n) is 5.35. The van der Waals surface area contributed by atoms with Gasteiger partial charge in [-0.2, -0.15) is 0 Å². The summed E-state index contributed by atoms with van der Waals surface area (Å²) in [6, 6.07) is 0. The average molecular weight is 454 g/mol. The third-order valence-electron chi connectivity index (χ3n) is 2.07. The Bertz CT molecular complexity index is 144. The number of rotatable bonds is 6. The molecule has 0 bridgehead atoms. The molecular weight excluding hydrogens is 433 g/mol. The van der Waals surface area contributed by atoms with Gasteiger partial charge in [0, 0.05) is 0 Å². The van der Waals surface area contributed by atoms with Crippen LogP contribution in [-0.4, -0.2) is 11.7 Å². The predicted octanol–water partition coefficient (Wildman–Crippen LogP) is 4.10. The van der Waals surface area contributed by atoms with Gasteiger partial charge >= 0.3 is 106 Å². The van der Waals surface area contributed by atoms with E-state index in [9.17, 15) is 0 Å². The van der Waals surface area contributed by atoms with Gasteiger partial charge in [0.05, 0.1) is 0 Å². The first kappa shape index (κ1) is 15.3. The van der Waals surface area contributed by atoms with E-state index in [0.29, 0.717) is 6.10 Å². The first-order valence-corrected chi connectivity index (χ1v) is 20.4. The minimum atomic E-state index is -0.880. The van der Waals surface area contributed by atoms with E-state index in [-0.39, 0.29) is 5.60 Å². The molecule has 0 heterocycles. The van der Waals surface area contributed by atoms with E-state index in [4.69, 9.17) is 9.78 Å². The molecule has 0 aromatic rings. The van der Waals surface area contributed by atoms with Crippen LogP contribution in [0.15, 0.2) is 0 Å². The molecule has 2 unspecified atom stereocenters. The second-order valence-corrected chi connectivity index (χ2v) is 15.5. The van der Waals surface area contributed by atoms with Gasteiger partial charge in [0.1, 0.15) is 0 Å². The van der Waals surface area contributed by atoms with E-state index in [1.807, 2.05) is 20.8 Å². The van der Waals surface area contributed by atoms with Crippen molar-refractivity contribution in [3.05, 3.63) is 0 Å². The third kappa shape index (κ3) is 6.75. The summed E-state index contributed by atoms with van der Waals surface area (Å²) in [7, 11) is 0. The Morgan fingerprint density at radius 1 is 1.21 bits per heavy atom. The fraction of sp³-hybridized carbons (Fsp3) is 1.00. The van der Waals surface area contributed by atoms with Crippen LogP contribution in [-0.2, 0) is 31.9 Å². The molecular formula is C10H21BrHgO2. The van der Waals surface area contributed by atoms with E-state index in [2.05, 4.69) is 25.8 Å². The first-order chi connectivity index (χ1) is 6.44. The Morgan fingerprint density at radius 3 is 2.07 bits per heavy atom. The summed E-state index contributed by atoms with van der Waals surface area (Å²) in [6.07, 6.45) is 2.54. The topological polar surface area (TPSA) is 18.5 Å². The standard InChI is InChI=1S/C10H21O2.BrH.Hg/c1-6-8-9(7-2)11-12-10(3,4)5;;/h8-9H,6-7H2,1-5H3;1H;/q;;+1/p-1. The molecule has 14 heavy (non-hydrogen) atoms. The fourth-order valence-electron chi connectivity index (χ4n) is 1.16. The maximum atomic E-state index is 5.53. The van der Waals surface area contributed by atoms with Crippen molar-refractivity contribution in [3.63, 3.8) is 0 Å². The molecule has 0 fully saturated rings. The van der Waals surface area contributed by atoms with Crippen molar-refractivity contribution >= 4 is 11.9 Å². The molecule has 0 saturated heterocycles. The zero-order chi connectivity index (χ0) is 11.2. The summed E-state index contributed by atoms with van der Waals surface area (Å²) >= 11 is 2.84. The molecule has 0 aliphatic heterocycles. The molecule has 0 aliphatic carbocycles. The van der Waals surface area contributed by atoms with Crippen LogP contribution in [0.4, 0.5) is 0 Å². The second-order valence-electron chi connectivity index (χ2n) is 4.56. The summed E-state index contributed by atoms with van der Waals surface area (Å²) in [5, 5.41) is 0. The zero-order valence-electron chi connectivity index (χ0n) is 9.97. The molecule has 0 amide bonds. The number of halogens is 1. The van der Waals surface area contributed by atoms with Gasteiger partial charge in [-0.1, -0.05) is 0 Å². The Hall–Kier alpha value is 1.34. The molecule has 2 nitrogen and oxygen atoms in total. The van der Waals surface area contributed by atoms with Crippen LogP contribution in [0.2, 0.25) is 3.43 Å². The van der Waals surface area contributed by atoms with Crippen molar-refractivity contribution in [3.8, 4) is 0 Å². The summed E-state index contributed by atoms with van der Waals surface area (Å²) < 4.78 is 0.752. The van der Waals surface area contributed by atoms with Crippen LogP contribution >= 0.6 is 11.9 Å². The zero-order valence-corrected chi connectivity index (χ0v) is 17.1. The van der Waals surface area contributed by atoms with Gasteiger partial charge in [0.25, 0.3) is 0 Å². The van der Waals surface area contributed by atoms with Gasteiger partial charge in [-0.3, -0.25) is 0 Å². The quantitative estimate of drug-likeness (QED) is 0.342. The Morgan fingerprint density at radius 2 is 1.79 bits per heavy atom. The minimum absolute atomic E-state index is 0.199. The van der Waals surface area contributed by atoms with Crippen molar-refractivity contribution < 1.29 is 31.9 Å². The molecule has 82 valence electrons. The van der Waals surface area contributed by atoms with Gasteiger partial charge in [0.15, 0.2) is 0 Å². The number of hydrogen-bond donors (Lipinski definition) is 0. The molecule has 0 spiro atoms. The van der Waals surface area contributed by atoms with Gasteiger partial charge in [-0.25, -0.2) is 0 Å². The van der Waals surface area contributed by atoms with Crippen molar-refractivity contribution in [2.75, 3.05) is 0 Å². The van der Waals surface area contributed by atoms with E-state index < -0.39 is 22.1 Å². The molecule has 0 N–H and O–H groups in total. The maximum absolute atomic E-state index is 5.53. The Labute approximate surface area is 106 Å². The molecule has 0 aromatic carbocycles. The normalized spacial score (nSPS) is 16.1. The summed E-state index contributed by atoms with van der Waals surface area (Å²) in [5.41, 5.74) is -0.199. The van der Waals surface area contributed by atoms with E-state index in [0.717, 1.165) is 9.85 Å². The molecule has 0 saturated carbocycles. The molecule has 0 aliphatic rings. The SMILES string of the molecule is CCC(OOC(C)(C)C)[CH](CC)[Hg][Br]. The van der Waals surface area contributed by atoms with Crippen LogP contribution in [0, 0.1) is 0 Å². The van der Waals surface area contributed by atoms with Crippen LogP contribution in [0.5, 0.6) is 0 Å². The van der Waals surface area contributed by atoms with Gasteiger partial charge in [0.2, 0.25) is 0 Å². The summed E-state index contributed by atoms with van der Waals surface area (Å²) in [4.78, 5) is 10.9. The van der Waals surface area contributed by atoms with Crippen molar-refractivity contribution in [1.29, 1.82) is 0 Å². The van der Waals surface area contributed by atoms with Crippen LogP contribution < -0.4 is 0 Å². The summed E-state index contributed by atoms with van der Waals surface area (Å²) in [6.45, 7) is 10.4. The van der Waals surface area contributed by atoms with Gasteiger partial charge in [-0.15, -0.1) is 0 Å². The molecule has 0 rings (SSSR count). The Kier molecular flexibility index (Phi) is 8.31. The second kappa shape index (κ2) is 7.58. The summed E-state index contributed by atoms with van der Waals surface area (Å²) in [5.74, 6) is 0. The fourth-order valence-corrected chi connectivity index (χ4v) is 12.1. The van der Waals surface area contributed by atoms with Crippen LogP contribution in [0.1, 0.15) is 47.5 Å². The molecule has 0 aromatic heterocycles. The predicted molar refractivity (Wildman–Crippen MR) is 59.0 cm³/mol.